The topological polar surface area (TPSA) is 14.2 Å². The summed E-state index contributed by atoms with van der Waals surface area (Å²) in [5, 5.41) is 0. The first kappa shape index (κ1) is 12.9. The minimum atomic E-state index is -1.04. The maximum absolute atomic E-state index is 13.1. The van der Waals surface area contributed by atoms with Crippen LogP contribution in [0.4, 0.5) is 4.39 Å². The van der Waals surface area contributed by atoms with Gasteiger partial charge in [0.25, 0.3) is 0 Å². The SMILES string of the molecule is C[Si](C)(C)CCOCn1cc(Br)cc1F. The molecule has 1 rings (SSSR count). The van der Waals surface area contributed by atoms with Crippen molar-refractivity contribution >= 4 is 24.0 Å². The first-order valence-electron chi connectivity index (χ1n) is 4.97. The van der Waals surface area contributed by atoms with Gasteiger partial charge in [-0.2, -0.15) is 4.39 Å². The van der Waals surface area contributed by atoms with Crippen LogP contribution in [-0.4, -0.2) is 19.2 Å². The van der Waals surface area contributed by atoms with E-state index in [1.54, 1.807) is 6.20 Å². The van der Waals surface area contributed by atoms with Crippen LogP contribution in [0.2, 0.25) is 25.7 Å². The van der Waals surface area contributed by atoms with E-state index >= 15 is 0 Å². The largest absolute Gasteiger partial charge is 0.361 e. The second kappa shape index (κ2) is 5.27. The van der Waals surface area contributed by atoms with Gasteiger partial charge in [0.2, 0.25) is 0 Å². The molecule has 86 valence electrons. The van der Waals surface area contributed by atoms with Crippen molar-refractivity contribution in [2.45, 2.75) is 32.4 Å². The number of hydrogen-bond acceptors (Lipinski definition) is 1. The number of rotatable bonds is 5. The number of nitrogens with zero attached hydrogens (tertiary/aromatic N) is 1. The highest BCUT2D eigenvalue weighted by molar-refractivity contribution is 9.10. The Bertz CT molecular complexity index is 322. The second-order valence-electron chi connectivity index (χ2n) is 4.80. The normalized spacial score (nSPS) is 12.1. The summed E-state index contributed by atoms with van der Waals surface area (Å²) >= 11 is 3.21. The van der Waals surface area contributed by atoms with Gasteiger partial charge in [-0.25, -0.2) is 0 Å². The van der Waals surface area contributed by atoms with E-state index in [0.717, 1.165) is 10.5 Å². The number of ether oxygens (including phenoxy) is 1. The second-order valence-corrected chi connectivity index (χ2v) is 11.3. The van der Waals surface area contributed by atoms with Gasteiger partial charge in [-0.05, 0) is 22.0 Å². The van der Waals surface area contributed by atoms with Crippen LogP contribution < -0.4 is 0 Å². The molecular formula is C10H17BrFNOSi. The monoisotopic (exact) mass is 293 g/mol. The zero-order valence-corrected chi connectivity index (χ0v) is 12.0. The van der Waals surface area contributed by atoms with Crippen molar-refractivity contribution < 1.29 is 9.13 Å². The molecule has 0 unspecified atom stereocenters. The minimum absolute atomic E-state index is 0.269. The molecule has 1 aromatic heterocycles. The van der Waals surface area contributed by atoms with E-state index in [4.69, 9.17) is 4.74 Å². The van der Waals surface area contributed by atoms with E-state index in [0.29, 0.717) is 13.3 Å². The zero-order chi connectivity index (χ0) is 11.5. The molecule has 0 atom stereocenters. The van der Waals surface area contributed by atoms with Gasteiger partial charge in [-0.15, -0.1) is 0 Å². The summed E-state index contributed by atoms with van der Waals surface area (Å²) in [5.74, 6) is -0.269. The molecule has 0 radical (unpaired) electrons. The van der Waals surface area contributed by atoms with E-state index in [2.05, 4.69) is 35.6 Å². The summed E-state index contributed by atoms with van der Waals surface area (Å²) in [6.07, 6.45) is 1.68. The zero-order valence-electron chi connectivity index (χ0n) is 9.39. The Kier molecular flexibility index (Phi) is 4.55. The Labute approximate surface area is 99.6 Å². The predicted octanol–water partition coefficient (Wildman–Crippen LogP) is 3.70. The molecule has 0 fully saturated rings. The third-order valence-electron chi connectivity index (χ3n) is 2.04. The lowest BCUT2D eigenvalue weighted by atomic mass is 10.7. The van der Waals surface area contributed by atoms with Gasteiger partial charge in [0.05, 0.1) is 0 Å². The van der Waals surface area contributed by atoms with Gasteiger partial charge in [0.1, 0.15) is 6.73 Å². The smallest absolute Gasteiger partial charge is 0.196 e. The van der Waals surface area contributed by atoms with E-state index in [9.17, 15) is 4.39 Å². The molecule has 1 aromatic rings. The standard InChI is InChI=1S/C10H17BrFNOSi/c1-15(2,3)5-4-14-8-13-7-9(11)6-10(13)12/h6-7H,4-5,8H2,1-3H3. The van der Waals surface area contributed by atoms with E-state index in [1.165, 1.54) is 10.6 Å². The Hall–Kier alpha value is -0.133. The highest BCUT2D eigenvalue weighted by Crippen LogP contribution is 2.14. The Morgan fingerprint density at radius 3 is 2.60 bits per heavy atom. The molecule has 0 saturated heterocycles. The summed E-state index contributed by atoms with van der Waals surface area (Å²) in [6, 6.07) is 2.54. The Morgan fingerprint density at radius 1 is 1.47 bits per heavy atom. The van der Waals surface area contributed by atoms with Gasteiger partial charge < -0.3 is 4.74 Å². The van der Waals surface area contributed by atoms with Crippen molar-refractivity contribution in [2.24, 2.45) is 0 Å². The van der Waals surface area contributed by atoms with Crippen molar-refractivity contribution in [3.8, 4) is 0 Å². The number of aromatic nitrogens is 1. The third-order valence-corrected chi connectivity index (χ3v) is 4.18. The maximum Gasteiger partial charge on any atom is 0.196 e. The lowest BCUT2D eigenvalue weighted by Gasteiger charge is -2.15. The quantitative estimate of drug-likeness (QED) is 0.596. The molecule has 1 heterocycles. The highest BCUT2D eigenvalue weighted by atomic mass is 79.9. The van der Waals surface area contributed by atoms with Crippen molar-refractivity contribution in [3.63, 3.8) is 0 Å². The predicted molar refractivity (Wildman–Crippen MR) is 66.2 cm³/mol. The summed E-state index contributed by atoms with van der Waals surface area (Å²) in [4.78, 5) is 0. The highest BCUT2D eigenvalue weighted by Gasteiger charge is 2.12. The van der Waals surface area contributed by atoms with Crippen LogP contribution in [0.5, 0.6) is 0 Å². The molecule has 2 nitrogen and oxygen atoms in total. The molecular weight excluding hydrogens is 277 g/mol. The fourth-order valence-electron chi connectivity index (χ4n) is 1.08. The first-order chi connectivity index (χ1) is 6.88. The molecule has 0 N–H and O–H groups in total. The summed E-state index contributed by atoms with van der Waals surface area (Å²) < 4.78 is 20.8. The van der Waals surface area contributed by atoms with Gasteiger partial charge >= 0.3 is 0 Å². The lowest BCUT2D eigenvalue weighted by Crippen LogP contribution is -2.22. The van der Waals surface area contributed by atoms with Gasteiger partial charge in [0, 0.05) is 31.4 Å². The van der Waals surface area contributed by atoms with Crippen LogP contribution in [0.15, 0.2) is 16.7 Å². The number of hydrogen-bond donors (Lipinski definition) is 0. The molecule has 5 heteroatoms. The molecule has 15 heavy (non-hydrogen) atoms. The van der Waals surface area contributed by atoms with Crippen LogP contribution in [0.1, 0.15) is 0 Å². The molecule has 0 saturated carbocycles. The fraction of sp³-hybridized carbons (Fsp3) is 0.600. The number of halogens is 2. The van der Waals surface area contributed by atoms with Crippen molar-refractivity contribution in [2.75, 3.05) is 6.61 Å². The Morgan fingerprint density at radius 2 is 2.13 bits per heavy atom. The summed E-state index contributed by atoms with van der Waals surface area (Å²) in [5.41, 5.74) is 0. The van der Waals surface area contributed by atoms with Crippen LogP contribution >= 0.6 is 15.9 Å². The van der Waals surface area contributed by atoms with Crippen molar-refractivity contribution in [1.29, 1.82) is 0 Å². The summed E-state index contributed by atoms with van der Waals surface area (Å²) in [6.45, 7) is 7.89. The minimum Gasteiger partial charge on any atom is -0.361 e. The molecule has 0 aliphatic heterocycles. The molecule has 0 aromatic carbocycles. The molecule has 0 amide bonds. The molecule has 0 aliphatic carbocycles. The van der Waals surface area contributed by atoms with Crippen molar-refractivity contribution in [3.05, 3.63) is 22.7 Å². The van der Waals surface area contributed by atoms with Crippen LogP contribution in [0, 0.1) is 5.95 Å². The average molecular weight is 294 g/mol. The summed E-state index contributed by atoms with van der Waals surface area (Å²) in [7, 11) is -1.04. The van der Waals surface area contributed by atoms with Crippen LogP contribution in [-0.2, 0) is 11.5 Å². The van der Waals surface area contributed by atoms with Gasteiger partial charge in [-0.1, -0.05) is 19.6 Å². The molecule has 0 bridgehead atoms. The average Bonchev–Trinajstić information content (AvgIpc) is 2.37. The van der Waals surface area contributed by atoms with E-state index in [-0.39, 0.29) is 5.95 Å². The van der Waals surface area contributed by atoms with Crippen LogP contribution in [0.25, 0.3) is 0 Å². The first-order valence-corrected chi connectivity index (χ1v) is 9.47. The third kappa shape index (κ3) is 4.95. The maximum atomic E-state index is 13.1. The molecule has 0 spiro atoms. The van der Waals surface area contributed by atoms with Crippen molar-refractivity contribution in [1.82, 2.24) is 4.57 Å². The fourth-order valence-corrected chi connectivity index (χ4v) is 2.28. The van der Waals surface area contributed by atoms with E-state index < -0.39 is 8.07 Å². The van der Waals surface area contributed by atoms with Gasteiger partial charge in [-0.3, -0.25) is 4.57 Å². The van der Waals surface area contributed by atoms with Gasteiger partial charge in [0.15, 0.2) is 5.95 Å². The molecule has 0 aliphatic rings. The van der Waals surface area contributed by atoms with Crippen LogP contribution in [0.3, 0.4) is 0 Å². The van der Waals surface area contributed by atoms with E-state index in [1.807, 2.05) is 0 Å². The lowest BCUT2D eigenvalue weighted by molar-refractivity contribution is 0.0797. The Balaban J connectivity index is 2.29.